The fourth-order valence-corrected chi connectivity index (χ4v) is 2.60. The lowest BCUT2D eigenvalue weighted by Crippen LogP contribution is -2.27. The van der Waals surface area contributed by atoms with Gasteiger partial charge in [0.1, 0.15) is 17.4 Å². The van der Waals surface area contributed by atoms with Gasteiger partial charge in [0.25, 0.3) is 5.91 Å². The van der Waals surface area contributed by atoms with Crippen molar-refractivity contribution in [1.29, 1.82) is 0 Å². The number of carbonyl (C=O) groups is 1. The Hall–Kier alpha value is -3.36. The minimum Gasteiger partial charge on any atom is -0.435 e. The van der Waals surface area contributed by atoms with Crippen LogP contribution < -0.4 is 10.1 Å². The third kappa shape index (κ3) is 4.48. The van der Waals surface area contributed by atoms with Gasteiger partial charge in [0.05, 0.1) is 11.7 Å². The van der Waals surface area contributed by atoms with Gasteiger partial charge in [-0.1, -0.05) is 12.1 Å². The van der Waals surface area contributed by atoms with Gasteiger partial charge in [-0.15, -0.1) is 5.10 Å². The highest BCUT2D eigenvalue weighted by molar-refractivity contribution is 5.90. The number of nitrogens with one attached hydrogen (secondary N) is 1. The maximum atomic E-state index is 13.1. The number of alkyl halides is 2. The second-order valence-corrected chi connectivity index (χ2v) is 6.01. The number of carbonyl (C=O) groups excluding carboxylic acids is 1. The molecule has 3 aromatic rings. The third-order valence-corrected chi connectivity index (χ3v) is 4.00. The molecule has 2 aromatic carbocycles. The van der Waals surface area contributed by atoms with Gasteiger partial charge in [0.2, 0.25) is 5.82 Å². The minimum atomic E-state index is -2.89. The third-order valence-electron chi connectivity index (χ3n) is 4.00. The fraction of sp³-hybridized carbons (Fsp3) is 0.211. The Balaban J connectivity index is 1.70. The van der Waals surface area contributed by atoms with Crippen molar-refractivity contribution >= 4 is 5.91 Å². The SMILES string of the molecule is Cc1nc(C(=O)N[C@@H](C)c2ccc(OC(F)F)cc2)nn1-c1ccc(F)cc1. The van der Waals surface area contributed by atoms with E-state index in [9.17, 15) is 18.0 Å². The van der Waals surface area contributed by atoms with Crippen LogP contribution >= 0.6 is 0 Å². The fourth-order valence-electron chi connectivity index (χ4n) is 2.60. The highest BCUT2D eigenvalue weighted by Crippen LogP contribution is 2.19. The largest absolute Gasteiger partial charge is 0.435 e. The van der Waals surface area contributed by atoms with Crippen LogP contribution in [0.4, 0.5) is 13.2 Å². The van der Waals surface area contributed by atoms with Crippen LogP contribution in [-0.2, 0) is 0 Å². The van der Waals surface area contributed by atoms with E-state index in [1.807, 2.05) is 0 Å². The predicted molar refractivity (Wildman–Crippen MR) is 95.0 cm³/mol. The smallest absolute Gasteiger partial charge is 0.387 e. The Bertz CT molecular complexity index is 956. The van der Waals surface area contributed by atoms with Crippen LogP contribution in [0.2, 0.25) is 0 Å². The molecule has 1 N–H and O–H groups in total. The number of hydrogen-bond acceptors (Lipinski definition) is 4. The lowest BCUT2D eigenvalue weighted by Gasteiger charge is -2.13. The Morgan fingerprint density at radius 1 is 1.11 bits per heavy atom. The van der Waals surface area contributed by atoms with Crippen molar-refractivity contribution in [2.75, 3.05) is 0 Å². The van der Waals surface area contributed by atoms with E-state index < -0.39 is 18.6 Å². The van der Waals surface area contributed by atoms with Crippen LogP contribution in [0.5, 0.6) is 5.75 Å². The molecule has 0 radical (unpaired) electrons. The Morgan fingerprint density at radius 3 is 2.36 bits per heavy atom. The molecule has 0 saturated heterocycles. The van der Waals surface area contributed by atoms with Gasteiger partial charge >= 0.3 is 6.61 Å². The summed E-state index contributed by atoms with van der Waals surface area (Å²) in [4.78, 5) is 16.6. The molecular weight excluding hydrogens is 373 g/mol. The second-order valence-electron chi connectivity index (χ2n) is 6.01. The molecule has 0 bridgehead atoms. The van der Waals surface area contributed by atoms with Crippen molar-refractivity contribution in [2.24, 2.45) is 0 Å². The quantitative estimate of drug-likeness (QED) is 0.695. The predicted octanol–water partition coefficient (Wildman–Crippen LogP) is 3.81. The maximum Gasteiger partial charge on any atom is 0.387 e. The van der Waals surface area contributed by atoms with Crippen LogP contribution in [0.15, 0.2) is 48.5 Å². The highest BCUT2D eigenvalue weighted by Gasteiger charge is 2.18. The van der Waals surface area contributed by atoms with E-state index in [1.54, 1.807) is 26.0 Å². The number of rotatable bonds is 6. The van der Waals surface area contributed by atoms with Crippen LogP contribution in [0.3, 0.4) is 0 Å². The number of aromatic nitrogens is 3. The zero-order valence-electron chi connectivity index (χ0n) is 15.1. The van der Waals surface area contributed by atoms with Gasteiger partial charge in [-0.25, -0.2) is 14.1 Å². The number of hydrogen-bond donors (Lipinski definition) is 1. The van der Waals surface area contributed by atoms with Gasteiger partial charge in [0, 0.05) is 0 Å². The molecule has 0 spiro atoms. The van der Waals surface area contributed by atoms with Crippen LogP contribution in [-0.4, -0.2) is 27.3 Å². The minimum absolute atomic E-state index is 0.0348. The van der Waals surface area contributed by atoms with Crippen LogP contribution in [0, 0.1) is 12.7 Å². The summed E-state index contributed by atoms with van der Waals surface area (Å²) in [6.45, 7) is 0.525. The van der Waals surface area contributed by atoms with Crippen LogP contribution in [0.1, 0.15) is 35.0 Å². The first-order valence-electron chi connectivity index (χ1n) is 8.38. The van der Waals surface area contributed by atoms with Crippen molar-refractivity contribution in [2.45, 2.75) is 26.5 Å². The number of halogens is 3. The molecule has 1 aromatic heterocycles. The summed E-state index contributed by atoms with van der Waals surface area (Å²) in [5, 5.41) is 6.92. The zero-order chi connectivity index (χ0) is 20.3. The molecule has 0 aliphatic rings. The molecule has 1 amide bonds. The summed E-state index contributed by atoms with van der Waals surface area (Å²) >= 11 is 0. The van der Waals surface area contributed by atoms with E-state index in [2.05, 4.69) is 20.1 Å². The van der Waals surface area contributed by atoms with Crippen molar-refractivity contribution in [3.05, 3.63) is 71.6 Å². The van der Waals surface area contributed by atoms with Gasteiger partial charge in [-0.2, -0.15) is 8.78 Å². The molecule has 6 nitrogen and oxygen atoms in total. The Kier molecular flexibility index (Phi) is 5.62. The van der Waals surface area contributed by atoms with E-state index in [-0.39, 0.29) is 17.4 Å². The molecule has 0 saturated carbocycles. The molecule has 9 heteroatoms. The van der Waals surface area contributed by atoms with E-state index in [0.717, 1.165) is 0 Å². The zero-order valence-corrected chi connectivity index (χ0v) is 15.1. The first-order chi connectivity index (χ1) is 13.3. The summed E-state index contributed by atoms with van der Waals surface area (Å²) in [5.41, 5.74) is 1.28. The topological polar surface area (TPSA) is 69.0 Å². The molecular formula is C19H17F3N4O2. The standard InChI is InChI=1S/C19H17F3N4O2/c1-11(13-3-9-16(10-4-13)28-19(21)22)23-18(27)17-24-12(2)26(25-17)15-7-5-14(20)6-8-15/h3-11,19H,1-2H3,(H,23,27)/t11-/m0/s1. The average Bonchev–Trinajstić information content (AvgIpc) is 3.04. The molecule has 1 heterocycles. The molecule has 28 heavy (non-hydrogen) atoms. The van der Waals surface area contributed by atoms with Gasteiger partial charge in [0.15, 0.2) is 0 Å². The molecule has 146 valence electrons. The molecule has 1 atom stereocenters. The van der Waals surface area contributed by atoms with Gasteiger partial charge in [-0.05, 0) is 55.8 Å². The van der Waals surface area contributed by atoms with Crippen molar-refractivity contribution in [3.8, 4) is 11.4 Å². The lowest BCUT2D eigenvalue weighted by atomic mass is 10.1. The summed E-state index contributed by atoms with van der Waals surface area (Å²) in [6.07, 6.45) is 0. The summed E-state index contributed by atoms with van der Waals surface area (Å²) in [7, 11) is 0. The van der Waals surface area contributed by atoms with E-state index in [0.29, 0.717) is 17.1 Å². The normalized spacial score (nSPS) is 12.1. The summed E-state index contributed by atoms with van der Waals surface area (Å²) < 4.78 is 43.2. The first kappa shape index (κ1) is 19.4. The summed E-state index contributed by atoms with van der Waals surface area (Å²) in [6, 6.07) is 11.2. The number of aryl methyl sites for hydroxylation is 1. The molecule has 0 aliphatic heterocycles. The first-order valence-corrected chi connectivity index (χ1v) is 8.38. The number of nitrogens with zero attached hydrogens (tertiary/aromatic N) is 3. The highest BCUT2D eigenvalue weighted by atomic mass is 19.3. The Morgan fingerprint density at radius 2 is 1.75 bits per heavy atom. The van der Waals surface area contributed by atoms with Crippen LogP contribution in [0.25, 0.3) is 5.69 Å². The maximum absolute atomic E-state index is 13.1. The number of ether oxygens (including phenoxy) is 1. The van der Waals surface area contributed by atoms with Gasteiger partial charge in [-0.3, -0.25) is 4.79 Å². The number of benzene rings is 2. The van der Waals surface area contributed by atoms with Crippen molar-refractivity contribution in [3.63, 3.8) is 0 Å². The molecule has 0 unspecified atom stereocenters. The molecule has 0 aliphatic carbocycles. The molecule has 3 rings (SSSR count). The van der Waals surface area contributed by atoms with Crippen molar-refractivity contribution in [1.82, 2.24) is 20.1 Å². The summed E-state index contributed by atoms with van der Waals surface area (Å²) in [5.74, 6) is -0.403. The van der Waals surface area contributed by atoms with E-state index >= 15 is 0 Å². The monoisotopic (exact) mass is 390 g/mol. The van der Waals surface area contributed by atoms with Crippen molar-refractivity contribution < 1.29 is 22.7 Å². The van der Waals surface area contributed by atoms with E-state index in [4.69, 9.17) is 0 Å². The lowest BCUT2D eigenvalue weighted by molar-refractivity contribution is -0.0498. The van der Waals surface area contributed by atoms with E-state index in [1.165, 1.54) is 41.1 Å². The number of amides is 1. The molecule has 0 fully saturated rings. The Labute approximate surface area is 159 Å². The second kappa shape index (κ2) is 8.12. The average molecular weight is 390 g/mol. The van der Waals surface area contributed by atoms with Gasteiger partial charge < -0.3 is 10.1 Å².